The highest BCUT2D eigenvalue weighted by molar-refractivity contribution is 9.10. The summed E-state index contributed by atoms with van der Waals surface area (Å²) in [4.78, 5) is 12.0. The molecule has 0 fully saturated rings. The summed E-state index contributed by atoms with van der Waals surface area (Å²) in [5, 5.41) is 0. The predicted molar refractivity (Wildman–Crippen MR) is 68.1 cm³/mol. The molecule has 98 valence electrons. The molecule has 1 aliphatic heterocycles. The smallest absolute Gasteiger partial charge is 0.313 e. The lowest BCUT2D eigenvalue weighted by Crippen LogP contribution is -2.31. The molecule has 1 aliphatic rings. The molecule has 18 heavy (non-hydrogen) atoms. The van der Waals surface area contributed by atoms with E-state index in [4.69, 9.17) is 9.47 Å². The van der Waals surface area contributed by atoms with Crippen LogP contribution < -0.4 is 4.74 Å². The second-order valence-electron chi connectivity index (χ2n) is 4.32. The molecule has 1 aromatic carbocycles. The summed E-state index contributed by atoms with van der Waals surface area (Å²) in [6, 6.07) is 2.67. The van der Waals surface area contributed by atoms with Gasteiger partial charge in [-0.25, -0.2) is 4.39 Å². The Morgan fingerprint density at radius 2 is 2.33 bits per heavy atom. The number of hydrogen-bond donors (Lipinski definition) is 0. The van der Waals surface area contributed by atoms with E-state index in [1.165, 1.54) is 12.1 Å². The lowest BCUT2D eigenvalue weighted by molar-refractivity contribution is -0.147. The summed E-state index contributed by atoms with van der Waals surface area (Å²) in [6.07, 6.45) is 0. The Kier molecular flexibility index (Phi) is 3.90. The van der Waals surface area contributed by atoms with E-state index < -0.39 is 11.7 Å². The second-order valence-corrected chi connectivity index (χ2v) is 5.18. The zero-order chi connectivity index (χ0) is 13.3. The molecule has 0 spiro atoms. The minimum absolute atomic E-state index is 0.0368. The van der Waals surface area contributed by atoms with E-state index in [-0.39, 0.29) is 11.9 Å². The third kappa shape index (κ3) is 2.36. The molecule has 1 heterocycles. The number of ether oxygens (including phenoxy) is 2. The molecule has 0 aliphatic carbocycles. The molecule has 1 aromatic rings. The van der Waals surface area contributed by atoms with Crippen molar-refractivity contribution in [3.8, 4) is 5.75 Å². The summed E-state index contributed by atoms with van der Waals surface area (Å²) in [5.74, 6) is -0.696. The van der Waals surface area contributed by atoms with Crippen LogP contribution in [0.2, 0.25) is 0 Å². The zero-order valence-electron chi connectivity index (χ0n) is 10.2. The summed E-state index contributed by atoms with van der Waals surface area (Å²) < 4.78 is 24.6. The fourth-order valence-electron chi connectivity index (χ4n) is 2.17. The van der Waals surface area contributed by atoms with E-state index >= 15 is 0 Å². The fourth-order valence-corrected chi connectivity index (χ4v) is 2.73. The average Bonchev–Trinajstić information content (AvgIpc) is 2.28. The molecular formula is C13H14BrFO3. The van der Waals surface area contributed by atoms with Crippen LogP contribution in [0.5, 0.6) is 5.75 Å². The van der Waals surface area contributed by atoms with Crippen LogP contribution in [-0.4, -0.2) is 19.2 Å². The van der Waals surface area contributed by atoms with Crippen molar-refractivity contribution in [3.05, 3.63) is 28.0 Å². The minimum Gasteiger partial charge on any atom is -0.492 e. The van der Waals surface area contributed by atoms with Gasteiger partial charge in [0, 0.05) is 11.5 Å². The van der Waals surface area contributed by atoms with Gasteiger partial charge in [-0.3, -0.25) is 4.79 Å². The van der Waals surface area contributed by atoms with E-state index in [1.54, 1.807) is 6.92 Å². The molecule has 0 radical (unpaired) electrons. The maximum Gasteiger partial charge on any atom is 0.313 e. The fraction of sp³-hybridized carbons (Fsp3) is 0.462. The highest BCUT2D eigenvalue weighted by Gasteiger charge is 2.36. The van der Waals surface area contributed by atoms with Crippen LogP contribution in [-0.2, 0) is 9.53 Å². The topological polar surface area (TPSA) is 35.5 Å². The molecule has 0 amide bonds. The largest absolute Gasteiger partial charge is 0.492 e. The molecule has 2 atom stereocenters. The van der Waals surface area contributed by atoms with E-state index in [0.29, 0.717) is 29.0 Å². The van der Waals surface area contributed by atoms with Gasteiger partial charge < -0.3 is 9.47 Å². The van der Waals surface area contributed by atoms with Crippen molar-refractivity contribution in [2.45, 2.75) is 19.8 Å². The number of benzene rings is 1. The van der Waals surface area contributed by atoms with Crippen LogP contribution in [0.15, 0.2) is 16.6 Å². The normalized spacial score (nSPS) is 22.0. The first kappa shape index (κ1) is 13.3. The number of halogens is 2. The van der Waals surface area contributed by atoms with Gasteiger partial charge in [-0.1, -0.05) is 6.92 Å². The molecule has 5 heteroatoms. The standard InChI is InChI=1S/C13H14BrFO3/c1-3-17-13(16)11-7(2)6-18-12-9(11)4-8(15)5-10(12)14/h4-5,7,11H,3,6H2,1-2H3. The maximum absolute atomic E-state index is 13.5. The van der Waals surface area contributed by atoms with Gasteiger partial charge in [0.2, 0.25) is 0 Å². The predicted octanol–water partition coefficient (Wildman–Crippen LogP) is 3.26. The first-order valence-corrected chi connectivity index (χ1v) is 6.62. The number of esters is 1. The van der Waals surface area contributed by atoms with Gasteiger partial charge in [0.05, 0.1) is 23.6 Å². The molecule has 0 aromatic heterocycles. The van der Waals surface area contributed by atoms with E-state index in [9.17, 15) is 9.18 Å². The van der Waals surface area contributed by atoms with Crippen molar-refractivity contribution in [1.29, 1.82) is 0 Å². The molecule has 0 N–H and O–H groups in total. The summed E-state index contributed by atoms with van der Waals surface area (Å²) in [7, 11) is 0. The average molecular weight is 317 g/mol. The van der Waals surface area contributed by atoms with Gasteiger partial charge in [0.1, 0.15) is 11.6 Å². The third-order valence-corrected chi connectivity index (χ3v) is 3.56. The van der Waals surface area contributed by atoms with Gasteiger partial charge in [-0.15, -0.1) is 0 Å². The minimum atomic E-state index is -0.472. The zero-order valence-corrected chi connectivity index (χ0v) is 11.8. The van der Waals surface area contributed by atoms with Gasteiger partial charge >= 0.3 is 5.97 Å². The van der Waals surface area contributed by atoms with Crippen molar-refractivity contribution in [1.82, 2.24) is 0 Å². The van der Waals surface area contributed by atoms with Crippen LogP contribution in [0.3, 0.4) is 0 Å². The summed E-state index contributed by atoms with van der Waals surface area (Å²) >= 11 is 3.25. The van der Waals surface area contributed by atoms with E-state index in [0.717, 1.165) is 0 Å². The van der Waals surface area contributed by atoms with Gasteiger partial charge in [-0.2, -0.15) is 0 Å². The Labute approximate surface area is 113 Å². The number of carbonyl (C=O) groups is 1. The number of rotatable bonds is 2. The lowest BCUT2D eigenvalue weighted by atomic mass is 9.85. The van der Waals surface area contributed by atoms with Gasteiger partial charge in [0.25, 0.3) is 0 Å². The molecular weight excluding hydrogens is 303 g/mol. The van der Waals surface area contributed by atoms with Crippen LogP contribution in [0.25, 0.3) is 0 Å². The SMILES string of the molecule is CCOC(=O)C1c2cc(F)cc(Br)c2OCC1C. The van der Waals surface area contributed by atoms with Crippen LogP contribution in [0.1, 0.15) is 25.3 Å². The molecule has 2 unspecified atom stereocenters. The Morgan fingerprint density at radius 3 is 3.00 bits per heavy atom. The number of carbonyl (C=O) groups excluding carboxylic acids is 1. The maximum atomic E-state index is 13.5. The Morgan fingerprint density at radius 1 is 1.61 bits per heavy atom. The van der Waals surface area contributed by atoms with Crippen molar-refractivity contribution in [3.63, 3.8) is 0 Å². The monoisotopic (exact) mass is 316 g/mol. The second kappa shape index (κ2) is 5.26. The first-order chi connectivity index (χ1) is 8.54. The lowest BCUT2D eigenvalue weighted by Gasteiger charge is -2.30. The summed E-state index contributed by atoms with van der Waals surface area (Å²) in [5.41, 5.74) is 0.555. The number of hydrogen-bond acceptors (Lipinski definition) is 3. The Bertz CT molecular complexity index is 476. The quantitative estimate of drug-likeness (QED) is 0.786. The first-order valence-electron chi connectivity index (χ1n) is 5.83. The van der Waals surface area contributed by atoms with Crippen LogP contribution in [0, 0.1) is 11.7 Å². The summed E-state index contributed by atoms with van der Waals surface area (Å²) in [6.45, 7) is 4.38. The van der Waals surface area contributed by atoms with Crippen molar-refractivity contribution in [2.24, 2.45) is 5.92 Å². The Hall–Kier alpha value is -1.10. The molecule has 0 bridgehead atoms. The van der Waals surface area contributed by atoms with E-state index in [1.807, 2.05) is 6.92 Å². The van der Waals surface area contributed by atoms with Crippen molar-refractivity contribution >= 4 is 21.9 Å². The van der Waals surface area contributed by atoms with Crippen molar-refractivity contribution < 1.29 is 18.7 Å². The Balaban J connectivity index is 2.46. The highest BCUT2D eigenvalue weighted by Crippen LogP contribution is 2.42. The van der Waals surface area contributed by atoms with Crippen LogP contribution in [0.4, 0.5) is 4.39 Å². The molecule has 2 rings (SSSR count). The molecule has 0 saturated carbocycles. The number of fused-ring (bicyclic) bond motifs is 1. The van der Waals surface area contributed by atoms with Crippen LogP contribution >= 0.6 is 15.9 Å². The van der Waals surface area contributed by atoms with Crippen molar-refractivity contribution in [2.75, 3.05) is 13.2 Å². The highest BCUT2D eigenvalue weighted by atomic mass is 79.9. The molecule has 0 saturated heterocycles. The third-order valence-electron chi connectivity index (χ3n) is 2.97. The van der Waals surface area contributed by atoms with E-state index in [2.05, 4.69) is 15.9 Å². The van der Waals surface area contributed by atoms with Gasteiger partial charge in [-0.05, 0) is 35.0 Å². The molecule has 3 nitrogen and oxygen atoms in total. The van der Waals surface area contributed by atoms with Gasteiger partial charge in [0.15, 0.2) is 0 Å².